The van der Waals surface area contributed by atoms with Crippen molar-refractivity contribution < 1.29 is 19.2 Å². The smallest absolute Gasteiger partial charge is 0.247 e. The maximum Gasteiger partial charge on any atom is 0.247 e. The van der Waals surface area contributed by atoms with E-state index < -0.39 is 47.3 Å². The van der Waals surface area contributed by atoms with E-state index in [1.54, 1.807) is 15.9 Å². The summed E-state index contributed by atoms with van der Waals surface area (Å²) in [6.45, 7) is 0. The van der Waals surface area contributed by atoms with Crippen molar-refractivity contribution >= 4 is 46.6 Å². The zero-order chi connectivity index (χ0) is 34.6. The highest BCUT2D eigenvalue weighted by Gasteiger charge is 2.78. The number of carbonyl (C=O) groups is 4. The number of carbonyl (C=O) groups excluding carboxylic acids is 4. The molecule has 4 fully saturated rings. The highest BCUT2D eigenvalue weighted by atomic mass is 35.5. The van der Waals surface area contributed by atoms with Crippen molar-refractivity contribution in [3.05, 3.63) is 130 Å². The Morgan fingerprint density at radius 3 is 1.59 bits per heavy atom. The van der Waals surface area contributed by atoms with E-state index in [1.807, 2.05) is 84.9 Å². The number of hydrogen-bond acceptors (Lipinski definition) is 6. The molecule has 0 aliphatic carbocycles. The van der Waals surface area contributed by atoms with Gasteiger partial charge in [0.05, 0.1) is 10.8 Å². The maximum atomic E-state index is 14.7. The Kier molecular flexibility index (Phi) is 6.47. The number of nitrogens with zero attached hydrogens (tertiary/aromatic N) is 2. The second kappa shape index (κ2) is 10.8. The van der Waals surface area contributed by atoms with Crippen molar-refractivity contribution in [1.82, 2.24) is 20.4 Å². The summed E-state index contributed by atoms with van der Waals surface area (Å²) in [4.78, 5) is 61.3. The minimum atomic E-state index is -0.891. The van der Waals surface area contributed by atoms with Crippen molar-refractivity contribution in [2.75, 3.05) is 10.6 Å². The van der Waals surface area contributed by atoms with Crippen molar-refractivity contribution in [2.24, 2.45) is 0 Å². The molecule has 51 heavy (non-hydrogen) atoms. The van der Waals surface area contributed by atoms with Crippen LogP contribution >= 0.6 is 11.6 Å². The number of hydrogen-bond donors (Lipinski definition) is 4. The lowest BCUT2D eigenvalue weighted by Gasteiger charge is -2.48. The van der Waals surface area contributed by atoms with E-state index in [9.17, 15) is 19.2 Å². The minimum Gasteiger partial charge on any atom is -0.364 e. The summed E-state index contributed by atoms with van der Waals surface area (Å²) in [5, 5.41) is 14.1. The molecular weight excluding hydrogens is 664 g/mol. The van der Waals surface area contributed by atoms with Gasteiger partial charge in [-0.05, 0) is 53.3 Å². The molecule has 4 N–H and O–H groups in total. The number of para-hydroxylation sites is 2. The molecule has 6 aliphatic heterocycles. The molecule has 10 rings (SSSR count). The number of fused-ring (bicyclic) bond motifs is 11. The summed E-state index contributed by atoms with van der Waals surface area (Å²) < 4.78 is 0. The fourth-order valence-electron chi connectivity index (χ4n) is 10.4. The maximum absolute atomic E-state index is 14.7. The van der Waals surface area contributed by atoms with Crippen molar-refractivity contribution in [2.45, 2.75) is 73.0 Å². The number of piperazine rings is 2. The summed E-state index contributed by atoms with van der Waals surface area (Å²) in [7, 11) is 0. The summed E-state index contributed by atoms with van der Waals surface area (Å²) in [5.74, 6) is -0.752. The molecule has 4 aromatic carbocycles. The van der Waals surface area contributed by atoms with Crippen molar-refractivity contribution in [3.8, 4) is 0 Å². The molecule has 0 bridgehead atoms. The largest absolute Gasteiger partial charge is 0.364 e. The van der Waals surface area contributed by atoms with E-state index in [4.69, 9.17) is 11.6 Å². The molecule has 0 radical (unpaired) electrons. The van der Waals surface area contributed by atoms with Gasteiger partial charge in [0.2, 0.25) is 23.6 Å². The molecule has 0 saturated carbocycles. The van der Waals surface area contributed by atoms with Gasteiger partial charge in [0.15, 0.2) is 0 Å². The predicted molar refractivity (Wildman–Crippen MR) is 191 cm³/mol. The molecule has 10 nitrogen and oxygen atoms in total. The van der Waals surface area contributed by atoms with Gasteiger partial charge in [-0.25, -0.2) is 0 Å². The first-order valence-electron chi connectivity index (χ1n) is 17.6. The molecule has 6 heterocycles. The van der Waals surface area contributed by atoms with Gasteiger partial charge < -0.3 is 31.1 Å². The average Bonchev–Trinajstić information content (AvgIpc) is 3.85. The summed E-state index contributed by atoms with van der Waals surface area (Å²) in [6, 6.07) is 30.1. The van der Waals surface area contributed by atoms with Crippen LogP contribution in [0.15, 0.2) is 103 Å². The predicted octanol–water partition coefficient (Wildman–Crippen LogP) is 3.70. The average molecular weight is 699 g/mol. The monoisotopic (exact) mass is 698 g/mol. The number of halogens is 1. The Morgan fingerprint density at radius 1 is 0.569 bits per heavy atom. The highest BCUT2D eigenvalue weighted by molar-refractivity contribution is 6.31. The van der Waals surface area contributed by atoms with Gasteiger partial charge in [0, 0.05) is 29.2 Å². The van der Waals surface area contributed by atoms with E-state index in [1.165, 1.54) is 0 Å². The number of benzene rings is 4. The van der Waals surface area contributed by atoms with Gasteiger partial charge in [0.25, 0.3) is 0 Å². The van der Waals surface area contributed by atoms with Gasteiger partial charge in [-0.15, -0.1) is 0 Å². The third-order valence-corrected chi connectivity index (χ3v) is 12.8. The van der Waals surface area contributed by atoms with Gasteiger partial charge in [-0.1, -0.05) is 96.5 Å². The van der Waals surface area contributed by atoms with E-state index >= 15 is 0 Å². The third-order valence-electron chi connectivity index (χ3n) is 12.4. The zero-order valence-corrected chi connectivity index (χ0v) is 28.3. The number of rotatable bonds is 5. The van der Waals surface area contributed by atoms with Gasteiger partial charge in [0.1, 0.15) is 36.5 Å². The molecule has 4 amide bonds. The van der Waals surface area contributed by atoms with Crippen LogP contribution in [-0.4, -0.2) is 69.9 Å². The lowest BCUT2D eigenvalue weighted by atomic mass is 9.54. The molecule has 2 unspecified atom stereocenters. The summed E-state index contributed by atoms with van der Waals surface area (Å²) >= 11 is 6.52. The van der Waals surface area contributed by atoms with Crippen LogP contribution in [0.3, 0.4) is 0 Å². The highest BCUT2D eigenvalue weighted by Crippen LogP contribution is 2.68. The second-order valence-corrected chi connectivity index (χ2v) is 15.1. The standard InChI is InChI=1S/C40H35ClN6O4/c41-26-15-7-4-12-23(26)19-30-36(51)47-32(34(49)43-30)21-40(25-14-6-9-17-28(25)45-38(40)47)39-20-31-33(48)42-29(18-22-10-2-1-3-11-22)35(50)46(31)37(39)44-27-16-8-5-13-24(27)39/h1-17,29-32,37-38,44-45H,18-21H2,(H,42,48)(H,43,49)/t29-,30-,31-,32-,37+,38+,39?,40?/m0/s1. The molecule has 4 aromatic rings. The lowest BCUT2D eigenvalue weighted by molar-refractivity contribution is -0.149. The fourth-order valence-corrected chi connectivity index (χ4v) is 10.6. The number of anilines is 2. The SMILES string of the molecule is O=C1N[C@@H](Cc2ccccc2)C(=O)N2[C@H]3Nc4ccccc4C3(C34C[C@H]5C(=O)N[C@@H](Cc6ccccc6Cl)C(=O)N5[C@H]3Nc3ccccc34)C[C@@H]12. The third kappa shape index (κ3) is 3.99. The van der Waals surface area contributed by atoms with Gasteiger partial charge in [-0.3, -0.25) is 19.2 Å². The molecule has 256 valence electrons. The number of nitrogens with one attached hydrogen (secondary N) is 4. The fraction of sp³-hybridized carbons (Fsp3) is 0.300. The van der Waals surface area contributed by atoms with E-state index in [0.29, 0.717) is 24.3 Å². The molecule has 11 heteroatoms. The van der Waals surface area contributed by atoms with Gasteiger partial charge >= 0.3 is 0 Å². The van der Waals surface area contributed by atoms with Crippen LogP contribution in [0.25, 0.3) is 0 Å². The lowest BCUT2D eigenvalue weighted by Crippen LogP contribution is -2.67. The molecular formula is C40H35ClN6O4. The van der Waals surface area contributed by atoms with Crippen LogP contribution in [0.4, 0.5) is 11.4 Å². The van der Waals surface area contributed by atoms with E-state index in [-0.39, 0.29) is 30.0 Å². The van der Waals surface area contributed by atoms with E-state index in [0.717, 1.165) is 33.6 Å². The Labute approximate surface area is 299 Å². The first-order chi connectivity index (χ1) is 24.8. The first-order valence-corrected chi connectivity index (χ1v) is 17.9. The van der Waals surface area contributed by atoms with Crippen molar-refractivity contribution in [3.63, 3.8) is 0 Å². The van der Waals surface area contributed by atoms with Gasteiger partial charge in [-0.2, -0.15) is 0 Å². The van der Waals surface area contributed by atoms with Crippen LogP contribution in [-0.2, 0) is 42.8 Å². The molecule has 6 aliphatic rings. The van der Waals surface area contributed by atoms with Crippen LogP contribution < -0.4 is 21.3 Å². The second-order valence-electron chi connectivity index (χ2n) is 14.7. The Balaban J connectivity index is 1.12. The Bertz CT molecular complexity index is 2160. The molecule has 0 aromatic heterocycles. The van der Waals surface area contributed by atoms with E-state index in [2.05, 4.69) is 33.4 Å². The summed E-state index contributed by atoms with van der Waals surface area (Å²) in [6.07, 6.45) is 0.0352. The minimum absolute atomic E-state index is 0.146. The topological polar surface area (TPSA) is 123 Å². The van der Waals surface area contributed by atoms with Crippen LogP contribution in [0.5, 0.6) is 0 Å². The number of amides is 4. The molecule has 4 saturated heterocycles. The summed E-state index contributed by atoms with van der Waals surface area (Å²) in [5.41, 5.74) is 3.67. The quantitative estimate of drug-likeness (QED) is 0.252. The van der Waals surface area contributed by atoms with Crippen LogP contribution in [0, 0.1) is 0 Å². The van der Waals surface area contributed by atoms with Crippen molar-refractivity contribution in [1.29, 1.82) is 0 Å². The van der Waals surface area contributed by atoms with Crippen LogP contribution in [0.2, 0.25) is 5.02 Å². The van der Waals surface area contributed by atoms with Crippen LogP contribution in [0.1, 0.15) is 35.1 Å². The normalized spacial score (nSPS) is 32.5. The first kappa shape index (κ1) is 30.5. The molecule has 8 atom stereocenters. The Morgan fingerprint density at radius 2 is 1.04 bits per heavy atom. The zero-order valence-electron chi connectivity index (χ0n) is 27.5. The Hall–Kier alpha value is -5.35. The molecule has 0 spiro atoms.